The van der Waals surface area contributed by atoms with Crippen LogP contribution in [0.3, 0.4) is 0 Å². The molecule has 0 saturated heterocycles. The first-order chi connectivity index (χ1) is 13.1. The van der Waals surface area contributed by atoms with Crippen LogP contribution >= 0.6 is 11.6 Å². The van der Waals surface area contributed by atoms with E-state index in [0.717, 1.165) is 12.8 Å². The zero-order valence-corrected chi connectivity index (χ0v) is 16.3. The molecule has 3 N–H and O–H groups in total. The van der Waals surface area contributed by atoms with E-state index in [1.807, 2.05) is 0 Å². The molecule has 1 heterocycles. The van der Waals surface area contributed by atoms with Gasteiger partial charge in [0.1, 0.15) is 10.8 Å². The first kappa shape index (κ1) is 19.2. The van der Waals surface area contributed by atoms with Gasteiger partial charge in [0.05, 0.1) is 19.0 Å². The number of rotatable bonds is 6. The van der Waals surface area contributed by atoms with Crippen molar-refractivity contribution in [2.24, 2.45) is 0 Å². The van der Waals surface area contributed by atoms with Crippen molar-refractivity contribution in [3.8, 4) is 5.75 Å². The third-order valence-corrected chi connectivity index (χ3v) is 4.90. The molecule has 0 unspecified atom stereocenters. The van der Waals surface area contributed by atoms with Crippen LogP contribution in [0.15, 0.2) is 24.4 Å². The number of nitrogens with one attached hydrogen (secondary N) is 3. The van der Waals surface area contributed by atoms with Gasteiger partial charge in [0.2, 0.25) is 5.95 Å². The van der Waals surface area contributed by atoms with Crippen LogP contribution < -0.4 is 20.7 Å². The molecule has 1 saturated carbocycles. The average Bonchev–Trinajstić information content (AvgIpc) is 2.71. The molecule has 1 aliphatic rings. The number of nitrogens with zero attached hydrogens (tertiary/aromatic N) is 2. The smallest absolute Gasteiger partial charge is 0.251 e. The van der Waals surface area contributed by atoms with E-state index in [1.165, 1.54) is 19.3 Å². The molecular weight excluding hydrogens is 366 g/mol. The van der Waals surface area contributed by atoms with Crippen LogP contribution in [-0.2, 0) is 0 Å². The second-order valence-electron chi connectivity index (χ2n) is 6.49. The van der Waals surface area contributed by atoms with Crippen LogP contribution in [-0.4, -0.2) is 36.1 Å². The van der Waals surface area contributed by atoms with Crippen LogP contribution in [0.1, 0.15) is 42.5 Å². The van der Waals surface area contributed by atoms with Crippen molar-refractivity contribution in [1.82, 2.24) is 15.3 Å². The van der Waals surface area contributed by atoms with Crippen LogP contribution in [0.2, 0.25) is 5.02 Å². The van der Waals surface area contributed by atoms with Crippen LogP contribution in [0.25, 0.3) is 0 Å². The predicted octanol–water partition coefficient (Wildman–Crippen LogP) is 3.99. The first-order valence-electron chi connectivity index (χ1n) is 9.07. The Morgan fingerprint density at radius 3 is 2.74 bits per heavy atom. The third kappa shape index (κ3) is 4.80. The largest absolute Gasteiger partial charge is 0.495 e. The Balaban J connectivity index is 1.79. The normalized spacial score (nSPS) is 14.5. The molecule has 0 spiro atoms. The number of halogens is 1. The van der Waals surface area contributed by atoms with Crippen molar-refractivity contribution < 1.29 is 9.53 Å². The first-order valence-corrected chi connectivity index (χ1v) is 9.44. The number of carbonyl (C=O) groups is 1. The molecule has 3 rings (SSSR count). The molecule has 1 fully saturated rings. The molecule has 27 heavy (non-hydrogen) atoms. The van der Waals surface area contributed by atoms with Gasteiger partial charge in [-0.3, -0.25) is 4.79 Å². The van der Waals surface area contributed by atoms with Gasteiger partial charge in [-0.25, -0.2) is 4.98 Å². The maximum Gasteiger partial charge on any atom is 0.251 e. The monoisotopic (exact) mass is 389 g/mol. The van der Waals surface area contributed by atoms with Gasteiger partial charge in [0, 0.05) is 18.7 Å². The number of carbonyl (C=O) groups excluding carboxylic acids is 1. The standard InChI is InChI=1S/C19H24ClN5O2/c1-21-18(26)12-8-9-15(16(10-12)27-2)24-19-22-11-14(20)17(25-19)23-13-6-4-3-5-7-13/h8-11,13H,3-7H2,1-2H3,(H,21,26)(H2,22,23,24,25). The Morgan fingerprint density at radius 1 is 1.26 bits per heavy atom. The Hall–Kier alpha value is -2.54. The number of methoxy groups -OCH3 is 1. The second-order valence-corrected chi connectivity index (χ2v) is 6.90. The van der Waals surface area contributed by atoms with E-state index >= 15 is 0 Å². The molecule has 0 aliphatic heterocycles. The lowest BCUT2D eigenvalue weighted by molar-refractivity contribution is 0.0963. The summed E-state index contributed by atoms with van der Waals surface area (Å²) in [6, 6.07) is 5.52. The molecule has 2 aromatic rings. The molecule has 1 aromatic carbocycles. The molecule has 8 heteroatoms. The topological polar surface area (TPSA) is 88.2 Å². The van der Waals surface area contributed by atoms with E-state index in [0.29, 0.717) is 39.8 Å². The van der Waals surface area contributed by atoms with Crippen LogP contribution in [0, 0.1) is 0 Å². The zero-order chi connectivity index (χ0) is 19.2. The molecular formula is C19H24ClN5O2. The molecule has 0 radical (unpaired) electrons. The summed E-state index contributed by atoms with van der Waals surface area (Å²) in [5.41, 5.74) is 1.17. The van der Waals surface area contributed by atoms with Crippen molar-refractivity contribution >= 4 is 35.0 Å². The van der Waals surface area contributed by atoms with Crippen LogP contribution in [0.5, 0.6) is 5.75 Å². The Labute approximate surface area is 163 Å². The summed E-state index contributed by atoms with van der Waals surface area (Å²) < 4.78 is 5.39. The number of anilines is 3. The fraction of sp³-hybridized carbons (Fsp3) is 0.421. The minimum atomic E-state index is -0.179. The molecule has 1 aliphatic carbocycles. The van der Waals surface area contributed by atoms with Crippen molar-refractivity contribution in [2.45, 2.75) is 38.1 Å². The van der Waals surface area contributed by atoms with E-state index < -0.39 is 0 Å². The second kappa shape index (κ2) is 8.90. The average molecular weight is 390 g/mol. The minimum absolute atomic E-state index is 0.179. The lowest BCUT2D eigenvalue weighted by Crippen LogP contribution is -2.23. The van der Waals surface area contributed by atoms with Crippen molar-refractivity contribution in [2.75, 3.05) is 24.8 Å². The zero-order valence-electron chi connectivity index (χ0n) is 15.5. The molecule has 0 bridgehead atoms. The fourth-order valence-corrected chi connectivity index (χ4v) is 3.31. The highest BCUT2D eigenvalue weighted by molar-refractivity contribution is 6.32. The number of hydrogen-bond acceptors (Lipinski definition) is 6. The Bertz CT molecular complexity index is 809. The lowest BCUT2D eigenvalue weighted by Gasteiger charge is -2.23. The highest BCUT2D eigenvalue weighted by atomic mass is 35.5. The number of ether oxygens (including phenoxy) is 1. The quantitative estimate of drug-likeness (QED) is 0.692. The van der Waals surface area contributed by atoms with E-state index in [-0.39, 0.29) is 5.91 Å². The highest BCUT2D eigenvalue weighted by Gasteiger charge is 2.16. The van der Waals surface area contributed by atoms with Gasteiger partial charge in [0.25, 0.3) is 5.91 Å². The lowest BCUT2D eigenvalue weighted by atomic mass is 9.95. The summed E-state index contributed by atoms with van der Waals surface area (Å²) in [5, 5.41) is 9.65. The van der Waals surface area contributed by atoms with Gasteiger partial charge in [-0.15, -0.1) is 0 Å². The summed E-state index contributed by atoms with van der Waals surface area (Å²) in [6.45, 7) is 0. The highest BCUT2D eigenvalue weighted by Crippen LogP contribution is 2.30. The van der Waals surface area contributed by atoms with E-state index in [2.05, 4.69) is 25.9 Å². The number of benzene rings is 1. The summed E-state index contributed by atoms with van der Waals surface area (Å²) >= 11 is 6.26. The van der Waals surface area contributed by atoms with Crippen molar-refractivity contribution in [3.05, 3.63) is 35.0 Å². The van der Waals surface area contributed by atoms with Crippen LogP contribution in [0.4, 0.5) is 17.5 Å². The Morgan fingerprint density at radius 2 is 2.04 bits per heavy atom. The van der Waals surface area contributed by atoms with E-state index in [9.17, 15) is 4.79 Å². The van der Waals surface area contributed by atoms with Gasteiger partial charge in [-0.05, 0) is 31.0 Å². The number of aromatic nitrogens is 2. The summed E-state index contributed by atoms with van der Waals surface area (Å²) in [4.78, 5) is 20.5. The molecule has 1 amide bonds. The molecule has 1 aromatic heterocycles. The molecule has 7 nitrogen and oxygen atoms in total. The van der Waals surface area contributed by atoms with Crippen molar-refractivity contribution in [1.29, 1.82) is 0 Å². The summed E-state index contributed by atoms with van der Waals surface area (Å²) in [7, 11) is 3.14. The predicted molar refractivity (Wildman–Crippen MR) is 107 cm³/mol. The van der Waals surface area contributed by atoms with E-state index in [1.54, 1.807) is 38.6 Å². The van der Waals surface area contributed by atoms with Gasteiger partial charge in [0.15, 0.2) is 5.82 Å². The molecule has 144 valence electrons. The van der Waals surface area contributed by atoms with Crippen molar-refractivity contribution in [3.63, 3.8) is 0 Å². The third-order valence-electron chi connectivity index (χ3n) is 4.63. The van der Waals surface area contributed by atoms with Gasteiger partial charge >= 0.3 is 0 Å². The molecule has 0 atom stereocenters. The summed E-state index contributed by atoms with van der Waals surface area (Å²) in [6.07, 6.45) is 7.55. The van der Waals surface area contributed by atoms with Gasteiger partial charge < -0.3 is 20.7 Å². The van der Waals surface area contributed by atoms with Gasteiger partial charge in [-0.2, -0.15) is 4.98 Å². The maximum atomic E-state index is 11.8. The summed E-state index contributed by atoms with van der Waals surface area (Å²) in [5.74, 6) is 1.38. The number of amides is 1. The fourth-order valence-electron chi connectivity index (χ4n) is 3.17. The number of hydrogen-bond donors (Lipinski definition) is 3. The van der Waals surface area contributed by atoms with E-state index in [4.69, 9.17) is 16.3 Å². The van der Waals surface area contributed by atoms with Gasteiger partial charge in [-0.1, -0.05) is 30.9 Å². The Kier molecular flexibility index (Phi) is 6.34. The minimum Gasteiger partial charge on any atom is -0.495 e. The maximum absolute atomic E-state index is 11.8. The SMILES string of the molecule is CNC(=O)c1ccc(Nc2ncc(Cl)c(NC3CCCCC3)n2)c(OC)c1.